The number of carbonyl (C=O) groups excluding carboxylic acids is 1. The quantitative estimate of drug-likeness (QED) is 0.781. The van der Waals surface area contributed by atoms with Gasteiger partial charge in [-0.05, 0) is 24.6 Å². The van der Waals surface area contributed by atoms with E-state index in [0.717, 1.165) is 0 Å². The Kier molecular flexibility index (Phi) is 4.17. The van der Waals surface area contributed by atoms with Crippen LogP contribution in [0.2, 0.25) is 0 Å². The van der Waals surface area contributed by atoms with Crippen molar-refractivity contribution in [2.75, 3.05) is 0 Å². The van der Waals surface area contributed by atoms with Crippen molar-refractivity contribution in [3.63, 3.8) is 0 Å². The SMILES string of the molecule is Cc1nccn1-c1ccc(CNC(=O)[C@@]2(N)C[C@H](O)C2(C)C)cc1F. The Morgan fingerprint density at radius 1 is 1.52 bits per heavy atom. The van der Waals surface area contributed by atoms with Gasteiger partial charge in [0, 0.05) is 30.8 Å². The van der Waals surface area contributed by atoms with Gasteiger partial charge in [-0.15, -0.1) is 0 Å². The number of aliphatic hydroxyl groups is 1. The molecule has 1 saturated carbocycles. The van der Waals surface area contributed by atoms with E-state index in [-0.39, 0.29) is 18.9 Å². The molecular weight excluding hydrogens is 323 g/mol. The maximum absolute atomic E-state index is 14.4. The zero-order valence-corrected chi connectivity index (χ0v) is 14.6. The van der Waals surface area contributed by atoms with Crippen molar-refractivity contribution in [3.05, 3.63) is 47.8 Å². The van der Waals surface area contributed by atoms with Gasteiger partial charge < -0.3 is 20.7 Å². The molecule has 1 fully saturated rings. The van der Waals surface area contributed by atoms with Crippen LogP contribution in [0, 0.1) is 18.2 Å². The molecule has 0 spiro atoms. The molecule has 0 saturated heterocycles. The van der Waals surface area contributed by atoms with Gasteiger partial charge in [-0.1, -0.05) is 19.9 Å². The van der Waals surface area contributed by atoms with E-state index >= 15 is 0 Å². The average Bonchev–Trinajstić information content (AvgIpc) is 2.98. The van der Waals surface area contributed by atoms with Crippen molar-refractivity contribution < 1.29 is 14.3 Å². The molecule has 2 atom stereocenters. The normalized spacial score (nSPS) is 24.6. The number of hydrogen-bond donors (Lipinski definition) is 3. The molecule has 1 aromatic heterocycles. The standard InChI is InChI=1S/C18H23FN4O2/c1-11-21-6-7-23(11)14-5-4-12(8-13(14)19)10-22-16(25)18(20)9-15(24)17(18,2)3/h4-8,15,24H,9-10,20H2,1-3H3,(H,22,25)/t15-,18-/m0/s1. The van der Waals surface area contributed by atoms with Crippen LogP contribution in [0.15, 0.2) is 30.6 Å². The summed E-state index contributed by atoms with van der Waals surface area (Å²) < 4.78 is 16.0. The molecule has 1 aromatic carbocycles. The van der Waals surface area contributed by atoms with Crippen molar-refractivity contribution in [2.24, 2.45) is 11.1 Å². The number of nitrogens with two attached hydrogens (primary N) is 1. The number of aryl methyl sites for hydroxylation is 1. The summed E-state index contributed by atoms with van der Waals surface area (Å²) in [7, 11) is 0. The smallest absolute Gasteiger partial charge is 0.241 e. The summed E-state index contributed by atoms with van der Waals surface area (Å²) in [5.41, 5.74) is 5.39. The molecule has 0 radical (unpaired) electrons. The number of halogens is 1. The highest BCUT2D eigenvalue weighted by atomic mass is 19.1. The van der Waals surface area contributed by atoms with E-state index in [9.17, 15) is 14.3 Å². The van der Waals surface area contributed by atoms with Gasteiger partial charge in [0.25, 0.3) is 0 Å². The van der Waals surface area contributed by atoms with Gasteiger partial charge in [0.15, 0.2) is 0 Å². The maximum Gasteiger partial charge on any atom is 0.241 e. The van der Waals surface area contributed by atoms with Gasteiger partial charge >= 0.3 is 0 Å². The molecule has 2 aromatic rings. The molecular formula is C18H23FN4O2. The van der Waals surface area contributed by atoms with E-state index in [2.05, 4.69) is 10.3 Å². The second kappa shape index (κ2) is 5.93. The number of imidazole rings is 1. The second-order valence-corrected chi connectivity index (χ2v) is 7.23. The van der Waals surface area contributed by atoms with Gasteiger partial charge in [-0.3, -0.25) is 4.79 Å². The molecule has 1 amide bonds. The minimum absolute atomic E-state index is 0.171. The van der Waals surface area contributed by atoms with Crippen LogP contribution in [0.3, 0.4) is 0 Å². The number of carbonyl (C=O) groups is 1. The fraction of sp³-hybridized carbons (Fsp3) is 0.444. The fourth-order valence-electron chi connectivity index (χ4n) is 3.20. The molecule has 0 bridgehead atoms. The monoisotopic (exact) mass is 346 g/mol. The van der Waals surface area contributed by atoms with Crippen LogP contribution < -0.4 is 11.1 Å². The molecule has 1 aliphatic carbocycles. The predicted molar refractivity (Wildman–Crippen MR) is 91.4 cm³/mol. The van der Waals surface area contributed by atoms with Crippen LogP contribution in [-0.4, -0.2) is 32.2 Å². The zero-order chi connectivity index (χ0) is 18.4. The zero-order valence-electron chi connectivity index (χ0n) is 14.6. The third-order valence-corrected chi connectivity index (χ3v) is 5.45. The second-order valence-electron chi connectivity index (χ2n) is 7.23. The van der Waals surface area contributed by atoms with Crippen molar-refractivity contribution in [1.29, 1.82) is 0 Å². The Morgan fingerprint density at radius 3 is 2.76 bits per heavy atom. The van der Waals surface area contributed by atoms with Gasteiger partial charge in [0.2, 0.25) is 5.91 Å². The molecule has 134 valence electrons. The Hall–Kier alpha value is -2.25. The fourth-order valence-corrected chi connectivity index (χ4v) is 3.20. The van der Waals surface area contributed by atoms with Crippen molar-refractivity contribution in [1.82, 2.24) is 14.9 Å². The molecule has 1 aliphatic rings. The Balaban J connectivity index is 1.70. The molecule has 25 heavy (non-hydrogen) atoms. The van der Waals surface area contributed by atoms with Crippen LogP contribution in [0.25, 0.3) is 5.69 Å². The van der Waals surface area contributed by atoms with E-state index in [1.807, 2.05) is 0 Å². The Labute approximate surface area is 145 Å². The van der Waals surface area contributed by atoms with Crippen LogP contribution in [0.1, 0.15) is 31.7 Å². The Bertz CT molecular complexity index is 817. The van der Waals surface area contributed by atoms with E-state index in [4.69, 9.17) is 5.73 Å². The highest BCUT2D eigenvalue weighted by Crippen LogP contribution is 2.47. The van der Waals surface area contributed by atoms with Crippen LogP contribution >= 0.6 is 0 Å². The third kappa shape index (κ3) is 2.73. The van der Waals surface area contributed by atoms with E-state index < -0.39 is 22.9 Å². The summed E-state index contributed by atoms with van der Waals surface area (Å²) in [6.45, 7) is 5.50. The minimum atomic E-state index is -1.11. The number of nitrogens with zero attached hydrogens (tertiary/aromatic N) is 2. The average molecular weight is 346 g/mol. The minimum Gasteiger partial charge on any atom is -0.392 e. The van der Waals surface area contributed by atoms with Gasteiger partial charge in [0.1, 0.15) is 17.2 Å². The number of hydrogen-bond acceptors (Lipinski definition) is 4. The number of nitrogens with one attached hydrogen (secondary N) is 1. The van der Waals surface area contributed by atoms with E-state index in [0.29, 0.717) is 17.1 Å². The van der Waals surface area contributed by atoms with E-state index in [1.54, 1.807) is 49.9 Å². The number of amides is 1. The summed E-state index contributed by atoms with van der Waals surface area (Å²) in [6, 6.07) is 4.79. The number of aromatic nitrogens is 2. The van der Waals surface area contributed by atoms with E-state index in [1.165, 1.54) is 6.07 Å². The van der Waals surface area contributed by atoms with Crippen molar-refractivity contribution in [3.8, 4) is 5.69 Å². The van der Waals surface area contributed by atoms with Gasteiger partial charge in [0.05, 0.1) is 11.8 Å². The number of aliphatic hydroxyl groups excluding tert-OH is 1. The molecule has 1 heterocycles. The molecule has 0 aliphatic heterocycles. The predicted octanol–water partition coefficient (Wildman–Crippen LogP) is 1.42. The maximum atomic E-state index is 14.4. The van der Waals surface area contributed by atoms with Gasteiger partial charge in [-0.2, -0.15) is 0 Å². The first-order valence-electron chi connectivity index (χ1n) is 8.21. The lowest BCUT2D eigenvalue weighted by atomic mass is 9.54. The summed E-state index contributed by atoms with van der Waals surface area (Å²) in [5, 5.41) is 12.6. The molecule has 4 N–H and O–H groups in total. The van der Waals surface area contributed by atoms with Crippen LogP contribution in [0.5, 0.6) is 0 Å². The molecule has 7 heteroatoms. The summed E-state index contributed by atoms with van der Waals surface area (Å²) in [6.07, 6.45) is 2.92. The first kappa shape index (κ1) is 17.6. The summed E-state index contributed by atoms with van der Waals surface area (Å²) in [4.78, 5) is 16.5. The van der Waals surface area contributed by atoms with Crippen molar-refractivity contribution >= 4 is 5.91 Å². The molecule has 3 rings (SSSR count). The van der Waals surface area contributed by atoms with Crippen LogP contribution in [0.4, 0.5) is 4.39 Å². The van der Waals surface area contributed by atoms with Crippen molar-refractivity contribution in [2.45, 2.75) is 45.4 Å². The van der Waals surface area contributed by atoms with Gasteiger partial charge in [-0.25, -0.2) is 9.37 Å². The topological polar surface area (TPSA) is 93.2 Å². The molecule has 6 nitrogen and oxygen atoms in total. The molecule has 0 unspecified atom stereocenters. The largest absolute Gasteiger partial charge is 0.392 e. The number of rotatable bonds is 4. The lowest BCUT2D eigenvalue weighted by Crippen LogP contribution is -2.75. The Morgan fingerprint density at radius 2 is 2.24 bits per heavy atom. The first-order valence-corrected chi connectivity index (χ1v) is 8.21. The highest BCUT2D eigenvalue weighted by Gasteiger charge is 2.61. The third-order valence-electron chi connectivity index (χ3n) is 5.45. The number of benzene rings is 1. The lowest BCUT2D eigenvalue weighted by molar-refractivity contribution is -0.158. The highest BCUT2D eigenvalue weighted by molar-refractivity contribution is 5.88. The first-order chi connectivity index (χ1) is 11.7. The lowest BCUT2D eigenvalue weighted by Gasteiger charge is -2.55. The summed E-state index contributed by atoms with van der Waals surface area (Å²) >= 11 is 0. The van der Waals surface area contributed by atoms with Crippen LogP contribution in [-0.2, 0) is 11.3 Å². The summed E-state index contributed by atoms with van der Waals surface area (Å²) in [5.74, 6) is -0.0387.